The number of aliphatic imine (C=N–C) groups is 1. The van der Waals surface area contributed by atoms with Crippen LogP contribution in [0.15, 0.2) is 52.1 Å². The molecular formula is C21H31N3O3. The number of benzene rings is 1. The molecule has 1 unspecified atom stereocenters. The number of guanidine groups is 1. The van der Waals surface area contributed by atoms with Crippen LogP contribution in [-0.4, -0.2) is 30.3 Å². The van der Waals surface area contributed by atoms with E-state index in [9.17, 15) is 5.11 Å². The van der Waals surface area contributed by atoms with Gasteiger partial charge in [0.15, 0.2) is 5.96 Å². The van der Waals surface area contributed by atoms with E-state index >= 15 is 0 Å². The van der Waals surface area contributed by atoms with E-state index in [4.69, 9.17) is 9.15 Å². The molecule has 6 heteroatoms. The second-order valence-corrected chi connectivity index (χ2v) is 6.98. The van der Waals surface area contributed by atoms with E-state index in [1.807, 2.05) is 20.8 Å². The molecule has 0 saturated heterocycles. The van der Waals surface area contributed by atoms with Crippen LogP contribution >= 0.6 is 0 Å². The molecule has 0 aliphatic heterocycles. The van der Waals surface area contributed by atoms with Gasteiger partial charge in [0.1, 0.15) is 11.4 Å². The van der Waals surface area contributed by atoms with Crippen LogP contribution in [0.3, 0.4) is 0 Å². The average molecular weight is 373 g/mol. The van der Waals surface area contributed by atoms with Gasteiger partial charge in [-0.1, -0.05) is 24.3 Å². The van der Waals surface area contributed by atoms with Crippen LogP contribution in [0.4, 0.5) is 0 Å². The summed E-state index contributed by atoms with van der Waals surface area (Å²) in [5.74, 6) is 1.17. The van der Waals surface area contributed by atoms with E-state index in [-0.39, 0.29) is 12.6 Å². The van der Waals surface area contributed by atoms with Crippen molar-refractivity contribution in [3.05, 3.63) is 59.5 Å². The number of hydrogen-bond acceptors (Lipinski definition) is 4. The fourth-order valence-corrected chi connectivity index (χ4v) is 2.44. The second kappa shape index (κ2) is 10.1. The Morgan fingerprint density at radius 1 is 1.19 bits per heavy atom. The average Bonchev–Trinajstić information content (AvgIpc) is 3.19. The zero-order chi connectivity index (χ0) is 19.7. The molecule has 0 radical (unpaired) electrons. The minimum absolute atomic E-state index is 0.224. The Morgan fingerprint density at radius 2 is 1.89 bits per heavy atom. The molecular weight excluding hydrogens is 342 g/mol. The van der Waals surface area contributed by atoms with E-state index in [0.717, 1.165) is 17.7 Å². The minimum Gasteiger partial charge on any atom is -0.466 e. The van der Waals surface area contributed by atoms with Crippen molar-refractivity contribution < 1.29 is 14.3 Å². The van der Waals surface area contributed by atoms with Gasteiger partial charge in [-0.15, -0.1) is 0 Å². The fourth-order valence-electron chi connectivity index (χ4n) is 2.44. The minimum atomic E-state index is -1.11. The highest BCUT2D eigenvalue weighted by Crippen LogP contribution is 2.19. The van der Waals surface area contributed by atoms with Gasteiger partial charge in [0.05, 0.1) is 32.1 Å². The van der Waals surface area contributed by atoms with Crippen LogP contribution in [0.5, 0.6) is 0 Å². The maximum absolute atomic E-state index is 10.5. The normalized spacial score (nSPS) is 14.2. The number of ether oxygens (including phenoxy) is 1. The van der Waals surface area contributed by atoms with E-state index in [0.29, 0.717) is 24.9 Å². The molecule has 3 N–H and O–H groups in total. The predicted molar refractivity (Wildman–Crippen MR) is 107 cm³/mol. The van der Waals surface area contributed by atoms with Crippen molar-refractivity contribution in [2.75, 3.05) is 13.1 Å². The van der Waals surface area contributed by atoms with Crippen LogP contribution in [-0.2, 0) is 23.5 Å². The number of nitrogens with zero attached hydrogens (tertiary/aromatic N) is 1. The smallest absolute Gasteiger partial charge is 0.191 e. The largest absolute Gasteiger partial charge is 0.466 e. The summed E-state index contributed by atoms with van der Waals surface area (Å²) in [5.41, 5.74) is 1.15. The maximum atomic E-state index is 10.5. The molecule has 2 rings (SSSR count). The highest BCUT2D eigenvalue weighted by molar-refractivity contribution is 5.79. The molecule has 1 heterocycles. The summed E-state index contributed by atoms with van der Waals surface area (Å²) in [7, 11) is 0. The van der Waals surface area contributed by atoms with Gasteiger partial charge in [-0.3, -0.25) is 0 Å². The predicted octanol–water partition coefficient (Wildman–Crippen LogP) is 3.17. The first-order chi connectivity index (χ1) is 12.9. The van der Waals surface area contributed by atoms with Crippen LogP contribution in [0, 0.1) is 0 Å². The summed E-state index contributed by atoms with van der Waals surface area (Å²) in [5, 5.41) is 16.9. The van der Waals surface area contributed by atoms with Gasteiger partial charge >= 0.3 is 0 Å². The summed E-state index contributed by atoms with van der Waals surface area (Å²) in [4.78, 5) is 4.59. The summed E-state index contributed by atoms with van der Waals surface area (Å²) in [6.45, 7) is 9.96. The van der Waals surface area contributed by atoms with Gasteiger partial charge in [0.25, 0.3) is 0 Å². The topological polar surface area (TPSA) is 79.0 Å². The Bertz CT molecular complexity index is 692. The lowest BCUT2D eigenvalue weighted by molar-refractivity contribution is 0.0386. The first kappa shape index (κ1) is 21.0. The molecule has 0 amide bonds. The maximum Gasteiger partial charge on any atom is 0.191 e. The Balaban J connectivity index is 1.92. The van der Waals surface area contributed by atoms with Crippen LogP contribution in [0.1, 0.15) is 44.6 Å². The molecule has 0 aliphatic rings. The van der Waals surface area contributed by atoms with E-state index in [1.165, 1.54) is 0 Å². The summed E-state index contributed by atoms with van der Waals surface area (Å²) in [6, 6.07) is 11.8. The summed E-state index contributed by atoms with van der Waals surface area (Å²) >= 11 is 0. The highest BCUT2D eigenvalue weighted by atomic mass is 16.5. The van der Waals surface area contributed by atoms with Crippen LogP contribution < -0.4 is 10.6 Å². The van der Waals surface area contributed by atoms with E-state index in [2.05, 4.69) is 39.9 Å². The Morgan fingerprint density at radius 3 is 2.48 bits per heavy atom. The molecule has 148 valence electrons. The van der Waals surface area contributed by atoms with Gasteiger partial charge in [-0.05, 0) is 51.0 Å². The number of aliphatic hydroxyl groups is 1. The first-order valence-corrected chi connectivity index (χ1v) is 9.38. The molecule has 1 aromatic heterocycles. The molecule has 6 nitrogen and oxygen atoms in total. The van der Waals surface area contributed by atoms with Crippen molar-refractivity contribution in [2.45, 2.75) is 52.6 Å². The zero-order valence-corrected chi connectivity index (χ0v) is 16.7. The van der Waals surface area contributed by atoms with Gasteiger partial charge in [-0.2, -0.15) is 0 Å². The van der Waals surface area contributed by atoms with E-state index in [1.54, 1.807) is 25.3 Å². The Kier molecular flexibility index (Phi) is 7.88. The van der Waals surface area contributed by atoms with Crippen molar-refractivity contribution >= 4 is 5.96 Å². The van der Waals surface area contributed by atoms with Crippen molar-refractivity contribution in [1.29, 1.82) is 0 Å². The van der Waals surface area contributed by atoms with Crippen LogP contribution in [0.2, 0.25) is 0 Å². The van der Waals surface area contributed by atoms with Crippen molar-refractivity contribution in [2.24, 2.45) is 4.99 Å². The lowest BCUT2D eigenvalue weighted by atomic mass is 10.0. The summed E-state index contributed by atoms with van der Waals surface area (Å²) < 4.78 is 10.9. The lowest BCUT2D eigenvalue weighted by Crippen LogP contribution is -2.44. The monoisotopic (exact) mass is 373 g/mol. The van der Waals surface area contributed by atoms with Crippen molar-refractivity contribution in [3.63, 3.8) is 0 Å². The van der Waals surface area contributed by atoms with Gasteiger partial charge < -0.3 is 24.9 Å². The first-order valence-electron chi connectivity index (χ1n) is 9.38. The molecule has 0 fully saturated rings. The fraction of sp³-hybridized carbons (Fsp3) is 0.476. The second-order valence-electron chi connectivity index (χ2n) is 6.98. The quantitative estimate of drug-likeness (QED) is 0.465. The number of furan rings is 1. The third kappa shape index (κ3) is 7.07. The highest BCUT2D eigenvalue weighted by Gasteiger charge is 2.26. The lowest BCUT2D eigenvalue weighted by Gasteiger charge is -2.22. The molecule has 0 aliphatic carbocycles. The number of nitrogens with one attached hydrogen (secondary N) is 2. The number of hydrogen-bond donors (Lipinski definition) is 3. The number of rotatable bonds is 9. The van der Waals surface area contributed by atoms with Gasteiger partial charge in [-0.25, -0.2) is 4.99 Å². The SMILES string of the molecule is CCNC(=NCc1ccc(COC(C)C)cc1)NCC(C)(O)c1ccco1. The van der Waals surface area contributed by atoms with Gasteiger partial charge in [0, 0.05) is 6.54 Å². The third-order valence-electron chi connectivity index (χ3n) is 4.02. The molecule has 0 saturated carbocycles. The molecule has 1 atom stereocenters. The standard InChI is InChI=1S/C21H31N3O3/c1-5-22-20(24-15-21(4,25)19-7-6-12-26-19)23-13-17-8-10-18(11-9-17)14-27-16(2)3/h6-12,16,25H,5,13-15H2,1-4H3,(H2,22,23,24). The van der Waals surface area contributed by atoms with E-state index < -0.39 is 5.60 Å². The summed E-state index contributed by atoms with van der Waals surface area (Å²) in [6.07, 6.45) is 1.78. The van der Waals surface area contributed by atoms with Crippen molar-refractivity contribution in [3.8, 4) is 0 Å². The molecule has 0 bridgehead atoms. The van der Waals surface area contributed by atoms with Gasteiger partial charge in [0.2, 0.25) is 0 Å². The third-order valence-corrected chi connectivity index (χ3v) is 4.02. The molecule has 1 aromatic carbocycles. The molecule has 27 heavy (non-hydrogen) atoms. The van der Waals surface area contributed by atoms with Crippen LogP contribution in [0.25, 0.3) is 0 Å². The Hall–Kier alpha value is -2.31. The molecule has 2 aromatic rings. The Labute approximate surface area is 161 Å². The molecule has 0 spiro atoms. The zero-order valence-electron chi connectivity index (χ0n) is 16.7. The van der Waals surface area contributed by atoms with Crippen molar-refractivity contribution in [1.82, 2.24) is 10.6 Å².